The fourth-order valence-electron chi connectivity index (χ4n) is 4.40. The number of hydrogen-bond acceptors (Lipinski definition) is 4. The standard InChI is InChI=1S/C25H26N4O2/c1-31-20-12-10-18(11-13-20)16-26-25(30)19-6-4-14-28(17-19)24-23-9-5-15-29(23)22-8-3-2-7-21(22)27-24/h2-3,5,7-13,15,19H,4,6,14,16-17H2,1H3,(H,26,30)/t19-/m0/s1. The first-order valence-corrected chi connectivity index (χ1v) is 10.7. The van der Waals surface area contributed by atoms with E-state index in [9.17, 15) is 4.79 Å². The Balaban J connectivity index is 1.33. The molecule has 2 aromatic heterocycles. The summed E-state index contributed by atoms with van der Waals surface area (Å²) in [5.74, 6) is 1.83. The summed E-state index contributed by atoms with van der Waals surface area (Å²) in [7, 11) is 1.65. The van der Waals surface area contributed by atoms with E-state index < -0.39 is 0 Å². The van der Waals surface area contributed by atoms with Gasteiger partial charge in [-0.15, -0.1) is 0 Å². The molecule has 158 valence electrons. The maximum atomic E-state index is 12.9. The lowest BCUT2D eigenvalue weighted by molar-refractivity contribution is -0.125. The van der Waals surface area contributed by atoms with Crippen molar-refractivity contribution in [2.45, 2.75) is 19.4 Å². The summed E-state index contributed by atoms with van der Waals surface area (Å²) in [4.78, 5) is 20.1. The molecule has 31 heavy (non-hydrogen) atoms. The minimum absolute atomic E-state index is 0.0460. The lowest BCUT2D eigenvalue weighted by atomic mass is 9.97. The van der Waals surface area contributed by atoms with Gasteiger partial charge in [0.2, 0.25) is 5.91 Å². The Bertz CT molecular complexity index is 1220. The molecule has 3 heterocycles. The lowest BCUT2D eigenvalue weighted by Crippen LogP contribution is -2.43. The molecule has 1 amide bonds. The van der Waals surface area contributed by atoms with Crippen LogP contribution in [0.2, 0.25) is 0 Å². The largest absolute Gasteiger partial charge is 0.497 e. The van der Waals surface area contributed by atoms with Crippen LogP contribution in [0.5, 0.6) is 5.75 Å². The molecule has 1 saturated heterocycles. The van der Waals surface area contributed by atoms with Crippen LogP contribution in [0.15, 0.2) is 66.9 Å². The van der Waals surface area contributed by atoms with Crippen LogP contribution in [0.1, 0.15) is 18.4 Å². The van der Waals surface area contributed by atoms with E-state index in [-0.39, 0.29) is 11.8 Å². The summed E-state index contributed by atoms with van der Waals surface area (Å²) in [5.41, 5.74) is 4.20. The number of aromatic nitrogens is 2. The van der Waals surface area contributed by atoms with Gasteiger partial charge in [0.05, 0.1) is 29.6 Å². The number of rotatable bonds is 5. The van der Waals surface area contributed by atoms with E-state index in [0.29, 0.717) is 13.1 Å². The van der Waals surface area contributed by atoms with Gasteiger partial charge in [0.1, 0.15) is 5.75 Å². The Labute approximate surface area is 181 Å². The highest BCUT2D eigenvalue weighted by Gasteiger charge is 2.27. The highest BCUT2D eigenvalue weighted by atomic mass is 16.5. The van der Waals surface area contributed by atoms with Gasteiger partial charge in [0.15, 0.2) is 5.82 Å². The first-order chi connectivity index (χ1) is 15.2. The van der Waals surface area contributed by atoms with Gasteiger partial charge < -0.3 is 19.4 Å². The van der Waals surface area contributed by atoms with Crippen molar-refractivity contribution in [1.82, 2.24) is 14.7 Å². The second kappa shape index (κ2) is 8.30. The third kappa shape index (κ3) is 3.81. The van der Waals surface area contributed by atoms with E-state index in [1.54, 1.807) is 7.11 Å². The Hall–Kier alpha value is -3.54. The summed E-state index contributed by atoms with van der Waals surface area (Å²) < 4.78 is 7.38. The van der Waals surface area contributed by atoms with E-state index in [0.717, 1.165) is 53.1 Å². The van der Waals surface area contributed by atoms with E-state index in [2.05, 4.69) is 39.0 Å². The number of nitrogens with one attached hydrogen (secondary N) is 1. The highest BCUT2D eigenvalue weighted by molar-refractivity contribution is 5.86. The smallest absolute Gasteiger partial charge is 0.225 e. The van der Waals surface area contributed by atoms with Crippen molar-refractivity contribution in [3.05, 3.63) is 72.4 Å². The molecule has 1 N–H and O–H groups in total. The molecule has 0 spiro atoms. The summed E-state index contributed by atoms with van der Waals surface area (Å²) >= 11 is 0. The number of amides is 1. The Kier molecular flexibility index (Phi) is 5.20. The van der Waals surface area contributed by atoms with Crippen LogP contribution < -0.4 is 15.0 Å². The second-order valence-corrected chi connectivity index (χ2v) is 8.04. The van der Waals surface area contributed by atoms with Gasteiger partial charge >= 0.3 is 0 Å². The third-order valence-corrected chi connectivity index (χ3v) is 6.06. The van der Waals surface area contributed by atoms with Crippen molar-refractivity contribution in [3.8, 4) is 5.75 Å². The van der Waals surface area contributed by atoms with E-state index in [1.165, 1.54) is 0 Å². The molecule has 1 atom stereocenters. The summed E-state index contributed by atoms with van der Waals surface area (Å²) in [6.45, 7) is 2.12. The maximum absolute atomic E-state index is 12.9. The van der Waals surface area contributed by atoms with Gasteiger partial charge in [0.25, 0.3) is 0 Å². The normalized spacial score (nSPS) is 16.5. The monoisotopic (exact) mass is 414 g/mol. The number of carbonyl (C=O) groups is 1. The van der Waals surface area contributed by atoms with Crippen LogP contribution in [-0.2, 0) is 11.3 Å². The van der Waals surface area contributed by atoms with E-state index in [4.69, 9.17) is 9.72 Å². The molecule has 0 saturated carbocycles. The van der Waals surface area contributed by atoms with Crippen LogP contribution in [-0.4, -0.2) is 35.5 Å². The molecular formula is C25H26N4O2. The van der Waals surface area contributed by atoms with Gasteiger partial charge in [0, 0.05) is 25.8 Å². The molecular weight excluding hydrogens is 388 g/mol. The molecule has 6 heteroatoms. The van der Waals surface area contributed by atoms with Crippen molar-refractivity contribution < 1.29 is 9.53 Å². The number of hydrogen-bond donors (Lipinski definition) is 1. The molecule has 2 aromatic carbocycles. The summed E-state index contributed by atoms with van der Waals surface area (Å²) in [5, 5.41) is 3.11. The van der Waals surface area contributed by atoms with Gasteiger partial charge in [-0.3, -0.25) is 4.79 Å². The van der Waals surface area contributed by atoms with Crippen LogP contribution in [0.3, 0.4) is 0 Å². The van der Waals surface area contributed by atoms with Crippen LogP contribution in [0, 0.1) is 5.92 Å². The Morgan fingerprint density at radius 3 is 2.74 bits per heavy atom. The maximum Gasteiger partial charge on any atom is 0.225 e. The molecule has 0 aliphatic carbocycles. The number of para-hydroxylation sites is 2. The van der Waals surface area contributed by atoms with Crippen molar-refractivity contribution in [1.29, 1.82) is 0 Å². The molecule has 0 bridgehead atoms. The molecule has 0 unspecified atom stereocenters. The lowest BCUT2D eigenvalue weighted by Gasteiger charge is -2.33. The van der Waals surface area contributed by atoms with Crippen molar-refractivity contribution >= 4 is 28.3 Å². The molecule has 1 fully saturated rings. The summed E-state index contributed by atoms with van der Waals surface area (Å²) in [6, 6.07) is 20.1. The number of ether oxygens (including phenoxy) is 1. The minimum Gasteiger partial charge on any atom is -0.497 e. The number of methoxy groups -OCH3 is 1. The molecule has 6 nitrogen and oxygen atoms in total. The fraction of sp³-hybridized carbons (Fsp3) is 0.280. The van der Waals surface area contributed by atoms with Crippen molar-refractivity contribution in [3.63, 3.8) is 0 Å². The van der Waals surface area contributed by atoms with Crippen molar-refractivity contribution in [2.75, 3.05) is 25.1 Å². The van der Waals surface area contributed by atoms with E-state index in [1.807, 2.05) is 42.5 Å². The quantitative estimate of drug-likeness (QED) is 0.536. The molecule has 1 aliphatic rings. The minimum atomic E-state index is -0.0460. The zero-order valence-electron chi connectivity index (χ0n) is 17.6. The van der Waals surface area contributed by atoms with Gasteiger partial charge in [-0.05, 0) is 54.8 Å². The predicted molar refractivity (Wildman–Crippen MR) is 122 cm³/mol. The molecule has 0 radical (unpaired) electrons. The Morgan fingerprint density at radius 2 is 1.90 bits per heavy atom. The SMILES string of the molecule is COc1ccc(CNC(=O)[C@H]2CCCN(c3nc4ccccc4n4cccc34)C2)cc1. The molecule has 1 aliphatic heterocycles. The number of fused-ring (bicyclic) bond motifs is 3. The average Bonchev–Trinajstić information content (AvgIpc) is 3.33. The predicted octanol–water partition coefficient (Wildman–Crippen LogP) is 4.03. The third-order valence-electron chi connectivity index (χ3n) is 6.06. The van der Waals surface area contributed by atoms with Crippen LogP contribution in [0.4, 0.5) is 5.82 Å². The van der Waals surface area contributed by atoms with Crippen LogP contribution >= 0.6 is 0 Å². The second-order valence-electron chi connectivity index (χ2n) is 8.04. The number of carbonyl (C=O) groups excluding carboxylic acids is 1. The number of benzene rings is 2. The first kappa shape index (κ1) is 19.4. The average molecular weight is 415 g/mol. The number of nitrogens with zero attached hydrogens (tertiary/aromatic N) is 3. The van der Waals surface area contributed by atoms with Crippen molar-refractivity contribution in [2.24, 2.45) is 5.92 Å². The van der Waals surface area contributed by atoms with E-state index >= 15 is 0 Å². The number of piperidine rings is 1. The summed E-state index contributed by atoms with van der Waals surface area (Å²) in [6.07, 6.45) is 3.95. The number of anilines is 1. The highest BCUT2D eigenvalue weighted by Crippen LogP contribution is 2.29. The zero-order chi connectivity index (χ0) is 21.2. The van der Waals surface area contributed by atoms with Gasteiger partial charge in [-0.1, -0.05) is 24.3 Å². The fourth-order valence-corrected chi connectivity index (χ4v) is 4.40. The van der Waals surface area contributed by atoms with Crippen LogP contribution in [0.25, 0.3) is 16.6 Å². The first-order valence-electron chi connectivity index (χ1n) is 10.7. The zero-order valence-corrected chi connectivity index (χ0v) is 17.6. The Morgan fingerprint density at radius 1 is 1.10 bits per heavy atom. The molecule has 5 rings (SSSR count). The van der Waals surface area contributed by atoms with Gasteiger partial charge in [-0.25, -0.2) is 4.98 Å². The van der Waals surface area contributed by atoms with Gasteiger partial charge in [-0.2, -0.15) is 0 Å². The molecule has 4 aromatic rings. The topological polar surface area (TPSA) is 58.9 Å².